The Morgan fingerprint density at radius 3 is 1.89 bits per heavy atom. The number of aliphatic carboxylic acids is 1. The lowest BCUT2D eigenvalue weighted by Gasteiger charge is -2.16. The van der Waals surface area contributed by atoms with E-state index in [0.29, 0.717) is 12.8 Å². The first-order valence-electron chi connectivity index (χ1n) is 12.7. The van der Waals surface area contributed by atoms with E-state index in [1.807, 2.05) is 12.2 Å². The predicted molar refractivity (Wildman–Crippen MR) is 143 cm³/mol. The Morgan fingerprint density at radius 2 is 1.35 bits per heavy atom. The Morgan fingerprint density at radius 1 is 0.838 bits per heavy atom. The van der Waals surface area contributed by atoms with Crippen LogP contribution in [0.15, 0.2) is 48.6 Å². The summed E-state index contributed by atoms with van der Waals surface area (Å²) in [7, 11) is -4.60. The highest BCUT2D eigenvalue weighted by atomic mass is 31.2. The molecule has 5 N–H and O–H groups in total. The van der Waals surface area contributed by atoms with Gasteiger partial charge < -0.3 is 25.6 Å². The summed E-state index contributed by atoms with van der Waals surface area (Å²) >= 11 is 0. The number of carboxylic acid groups (broad SMARTS) is 1. The van der Waals surface area contributed by atoms with Crippen molar-refractivity contribution in [3.8, 4) is 0 Å². The molecule has 3 atom stereocenters. The molecule has 0 spiro atoms. The van der Waals surface area contributed by atoms with Gasteiger partial charge in [0.05, 0.1) is 13.2 Å². The second-order valence-electron chi connectivity index (χ2n) is 8.32. The smallest absolute Gasteiger partial charge is 0.472 e. The van der Waals surface area contributed by atoms with Gasteiger partial charge in [0.25, 0.3) is 0 Å². The standard InChI is InChI=1S/C26H44NO9P/c1-2-3-4-5-6-7-8-9-10-11-12-13-14-15-16-17-18-19-25(29)34-20-23(28)21-35-37(32,33)36-22-24(27)26(30)31/h6-7,9-10,12-13,15-16,23-24,28H,2-5,8,11,14,17-22,27H2,1H3,(H,30,31)(H,32,33)/b7-6-,10-9-,13-12-,16-15-. The molecule has 0 aromatic carbocycles. The van der Waals surface area contributed by atoms with Crippen molar-refractivity contribution in [3.63, 3.8) is 0 Å². The van der Waals surface area contributed by atoms with Crippen LogP contribution < -0.4 is 5.73 Å². The largest absolute Gasteiger partial charge is 0.480 e. The van der Waals surface area contributed by atoms with Crippen molar-refractivity contribution in [3.05, 3.63) is 48.6 Å². The average molecular weight is 546 g/mol. The van der Waals surface area contributed by atoms with Crippen LogP contribution in [-0.4, -0.2) is 59.0 Å². The Balaban J connectivity index is 3.78. The number of esters is 1. The maximum atomic E-state index is 11.7. The van der Waals surface area contributed by atoms with Crippen molar-refractivity contribution in [1.29, 1.82) is 0 Å². The first-order valence-corrected chi connectivity index (χ1v) is 14.2. The number of aliphatic hydroxyl groups is 1. The fraction of sp³-hybridized carbons (Fsp3) is 0.615. The van der Waals surface area contributed by atoms with Crippen molar-refractivity contribution in [1.82, 2.24) is 0 Å². The van der Waals surface area contributed by atoms with E-state index in [1.165, 1.54) is 19.3 Å². The van der Waals surface area contributed by atoms with Crippen LogP contribution in [0.1, 0.15) is 71.1 Å². The molecule has 0 saturated carbocycles. The lowest BCUT2D eigenvalue weighted by atomic mass is 10.2. The fourth-order valence-electron chi connectivity index (χ4n) is 2.70. The third kappa shape index (κ3) is 24.0. The fourth-order valence-corrected chi connectivity index (χ4v) is 3.48. The number of aliphatic hydroxyl groups excluding tert-OH is 1. The van der Waals surface area contributed by atoms with Crippen LogP contribution in [0.2, 0.25) is 0 Å². The number of hydrogen-bond donors (Lipinski definition) is 4. The maximum Gasteiger partial charge on any atom is 0.472 e. The number of nitrogens with two attached hydrogens (primary N) is 1. The number of rotatable bonds is 23. The van der Waals surface area contributed by atoms with Crippen molar-refractivity contribution in [2.45, 2.75) is 83.3 Å². The highest BCUT2D eigenvalue weighted by Crippen LogP contribution is 2.43. The van der Waals surface area contributed by atoms with Gasteiger partial charge in [0, 0.05) is 6.42 Å². The Hall–Kier alpha value is -2.07. The molecule has 0 aliphatic carbocycles. The van der Waals surface area contributed by atoms with Gasteiger partial charge in [-0.2, -0.15) is 0 Å². The molecule has 0 aromatic rings. The molecule has 3 unspecified atom stereocenters. The van der Waals surface area contributed by atoms with Gasteiger partial charge in [0.15, 0.2) is 0 Å². The van der Waals surface area contributed by atoms with Crippen molar-refractivity contribution >= 4 is 19.8 Å². The van der Waals surface area contributed by atoms with E-state index < -0.39 is 51.7 Å². The lowest BCUT2D eigenvalue weighted by Crippen LogP contribution is -2.34. The Bertz CT molecular complexity index is 780. The first-order chi connectivity index (χ1) is 17.7. The van der Waals surface area contributed by atoms with Crippen LogP contribution >= 0.6 is 7.82 Å². The minimum Gasteiger partial charge on any atom is -0.480 e. The van der Waals surface area contributed by atoms with E-state index in [1.54, 1.807) is 0 Å². The van der Waals surface area contributed by atoms with Gasteiger partial charge in [-0.1, -0.05) is 68.4 Å². The molecule has 0 rings (SSSR count). The zero-order valence-electron chi connectivity index (χ0n) is 21.8. The summed E-state index contributed by atoms with van der Waals surface area (Å²) < 4.78 is 25.4. The van der Waals surface area contributed by atoms with Crippen LogP contribution in [0.3, 0.4) is 0 Å². The summed E-state index contributed by atoms with van der Waals surface area (Å²) in [5.74, 6) is -1.92. The highest BCUT2D eigenvalue weighted by Gasteiger charge is 2.26. The van der Waals surface area contributed by atoms with E-state index in [2.05, 4.69) is 52.4 Å². The molecule has 0 heterocycles. The summed E-state index contributed by atoms with van der Waals surface area (Å²) in [6.07, 6.45) is 24.8. The number of unbranched alkanes of at least 4 members (excludes halogenated alkanes) is 4. The summed E-state index contributed by atoms with van der Waals surface area (Å²) in [5, 5.41) is 18.3. The molecule has 37 heavy (non-hydrogen) atoms. The van der Waals surface area contributed by atoms with Crippen LogP contribution in [0, 0.1) is 0 Å². The highest BCUT2D eigenvalue weighted by molar-refractivity contribution is 7.47. The normalized spacial score (nSPS) is 15.6. The molecule has 10 nitrogen and oxygen atoms in total. The molecule has 0 aromatic heterocycles. The second kappa shape index (κ2) is 23.1. The number of hydrogen-bond acceptors (Lipinski definition) is 8. The summed E-state index contributed by atoms with van der Waals surface area (Å²) in [4.78, 5) is 31.7. The number of ether oxygens (including phenoxy) is 1. The van der Waals surface area contributed by atoms with Crippen LogP contribution in [0.5, 0.6) is 0 Å². The number of allylic oxidation sites excluding steroid dienone is 8. The third-order valence-corrected chi connectivity index (χ3v) is 5.76. The van der Waals surface area contributed by atoms with E-state index in [4.69, 9.17) is 15.6 Å². The average Bonchev–Trinajstić information content (AvgIpc) is 2.86. The maximum absolute atomic E-state index is 11.7. The molecule has 212 valence electrons. The van der Waals surface area contributed by atoms with Gasteiger partial charge in [-0.3, -0.25) is 18.6 Å². The molecule has 11 heteroatoms. The van der Waals surface area contributed by atoms with Crippen LogP contribution in [0.25, 0.3) is 0 Å². The number of carboxylic acids is 1. The van der Waals surface area contributed by atoms with Crippen LogP contribution in [-0.2, 0) is 27.9 Å². The van der Waals surface area contributed by atoms with Gasteiger partial charge in [-0.25, -0.2) is 4.57 Å². The predicted octanol–water partition coefficient (Wildman–Crippen LogP) is 4.58. The summed E-state index contributed by atoms with van der Waals surface area (Å²) in [6, 6.07) is -1.49. The second-order valence-corrected chi connectivity index (χ2v) is 9.78. The number of carbonyl (C=O) groups excluding carboxylic acids is 1. The van der Waals surface area contributed by atoms with Gasteiger partial charge in [0.1, 0.15) is 18.8 Å². The molecule has 0 bridgehead atoms. The van der Waals surface area contributed by atoms with E-state index in [0.717, 1.165) is 25.7 Å². The van der Waals surface area contributed by atoms with Crippen molar-refractivity contribution in [2.24, 2.45) is 5.73 Å². The topological polar surface area (TPSA) is 166 Å². The van der Waals surface area contributed by atoms with E-state index >= 15 is 0 Å². The lowest BCUT2D eigenvalue weighted by molar-refractivity contribution is -0.147. The van der Waals surface area contributed by atoms with Gasteiger partial charge in [-0.15, -0.1) is 0 Å². The number of phosphoric acid groups is 1. The number of phosphoric ester groups is 1. The third-order valence-electron chi connectivity index (χ3n) is 4.81. The first kappa shape index (κ1) is 34.9. The summed E-state index contributed by atoms with van der Waals surface area (Å²) in [5.41, 5.74) is 5.15. The summed E-state index contributed by atoms with van der Waals surface area (Å²) in [6.45, 7) is 0.400. The van der Waals surface area contributed by atoms with Crippen molar-refractivity contribution < 1.29 is 43.0 Å². The quantitative estimate of drug-likeness (QED) is 0.0618. The zero-order valence-corrected chi connectivity index (χ0v) is 22.7. The van der Waals surface area contributed by atoms with E-state index in [-0.39, 0.29) is 6.42 Å². The van der Waals surface area contributed by atoms with Gasteiger partial charge in [0.2, 0.25) is 0 Å². The van der Waals surface area contributed by atoms with Gasteiger partial charge in [-0.05, 0) is 44.9 Å². The minimum atomic E-state index is -4.60. The molecule has 0 fully saturated rings. The van der Waals surface area contributed by atoms with Crippen LogP contribution in [0.4, 0.5) is 0 Å². The molecule has 0 saturated heterocycles. The Labute approximate surface area is 220 Å². The monoisotopic (exact) mass is 545 g/mol. The minimum absolute atomic E-state index is 0.167. The van der Waals surface area contributed by atoms with Gasteiger partial charge >= 0.3 is 19.8 Å². The SMILES string of the molecule is CCCCC/C=C\C/C=C\C/C=C\C/C=C\CCCC(=O)OCC(O)COP(=O)(O)OCC(N)C(=O)O. The molecular weight excluding hydrogens is 501 g/mol. The van der Waals surface area contributed by atoms with Crippen molar-refractivity contribution in [2.75, 3.05) is 19.8 Å². The molecule has 0 aliphatic heterocycles. The molecule has 0 radical (unpaired) electrons. The number of carbonyl (C=O) groups is 2. The Kier molecular flexibility index (Phi) is 21.8. The molecule has 0 amide bonds. The van der Waals surface area contributed by atoms with E-state index in [9.17, 15) is 24.2 Å². The zero-order chi connectivity index (χ0) is 27.8. The molecular formula is C26H44NO9P. The molecule has 0 aliphatic rings.